The van der Waals surface area contributed by atoms with E-state index in [0.29, 0.717) is 25.0 Å². The van der Waals surface area contributed by atoms with Crippen molar-refractivity contribution in [2.75, 3.05) is 6.61 Å². The molecule has 2 aromatic carbocycles. The van der Waals surface area contributed by atoms with Crippen LogP contribution >= 0.6 is 0 Å². The first kappa shape index (κ1) is 19.6. The molecule has 3 aliphatic rings. The lowest BCUT2D eigenvalue weighted by atomic mass is 9.73. The van der Waals surface area contributed by atoms with Gasteiger partial charge in [-0.25, -0.2) is 4.79 Å². The summed E-state index contributed by atoms with van der Waals surface area (Å²) < 4.78 is 10.9. The minimum Gasteiger partial charge on any atom is -0.448 e. The number of hydrogen-bond acceptors (Lipinski definition) is 5. The van der Waals surface area contributed by atoms with Crippen LogP contribution in [0.4, 0.5) is 4.79 Å². The van der Waals surface area contributed by atoms with Crippen LogP contribution in [0.15, 0.2) is 65.5 Å². The lowest BCUT2D eigenvalue weighted by Gasteiger charge is -2.51. The fourth-order valence-electron chi connectivity index (χ4n) is 6.07. The summed E-state index contributed by atoms with van der Waals surface area (Å²) in [5.74, 6) is 0.0462. The number of fused-ring (bicyclic) bond motifs is 5. The second kappa shape index (κ2) is 7.48. The molecule has 6 rings (SSSR count). The van der Waals surface area contributed by atoms with Gasteiger partial charge in [-0.05, 0) is 41.5 Å². The predicted octanol–water partition coefficient (Wildman–Crippen LogP) is 4.83. The topological polar surface area (TPSA) is 75.8 Å². The van der Waals surface area contributed by atoms with Gasteiger partial charge in [-0.3, -0.25) is 0 Å². The minimum atomic E-state index is -1.00. The molecule has 0 radical (unpaired) electrons. The van der Waals surface area contributed by atoms with E-state index in [1.54, 1.807) is 6.20 Å². The summed E-state index contributed by atoms with van der Waals surface area (Å²) in [6, 6.07) is 16.6. The van der Waals surface area contributed by atoms with E-state index in [2.05, 4.69) is 41.6 Å². The highest BCUT2D eigenvalue weighted by atomic mass is 16.6. The summed E-state index contributed by atoms with van der Waals surface area (Å²) in [4.78, 5) is 15.2. The largest absolute Gasteiger partial charge is 0.448 e. The molecule has 0 saturated carbocycles. The van der Waals surface area contributed by atoms with Gasteiger partial charge in [0.05, 0.1) is 11.8 Å². The zero-order valence-corrected chi connectivity index (χ0v) is 17.8. The summed E-state index contributed by atoms with van der Waals surface area (Å²) in [6.45, 7) is 0.318. The Bertz CT molecular complexity index is 1080. The van der Waals surface area contributed by atoms with Gasteiger partial charge in [0.25, 0.3) is 0 Å². The molecule has 6 heteroatoms. The van der Waals surface area contributed by atoms with Crippen LogP contribution in [0, 0.1) is 0 Å². The van der Waals surface area contributed by atoms with Gasteiger partial charge in [-0.2, -0.15) is 0 Å². The van der Waals surface area contributed by atoms with E-state index in [9.17, 15) is 9.90 Å². The molecule has 1 aromatic heterocycles. The highest BCUT2D eigenvalue weighted by molar-refractivity contribution is 5.79. The van der Waals surface area contributed by atoms with Crippen molar-refractivity contribution in [3.05, 3.63) is 77.7 Å². The number of carbonyl (C=O) groups excluding carboxylic acids is 1. The van der Waals surface area contributed by atoms with E-state index < -0.39 is 5.60 Å². The third-order valence-electron chi connectivity index (χ3n) is 7.52. The van der Waals surface area contributed by atoms with Gasteiger partial charge >= 0.3 is 6.09 Å². The average Bonchev–Trinajstić information content (AvgIpc) is 3.45. The third-order valence-corrected chi connectivity index (χ3v) is 7.52. The van der Waals surface area contributed by atoms with E-state index in [4.69, 9.17) is 9.26 Å². The van der Waals surface area contributed by atoms with Crippen LogP contribution in [0.3, 0.4) is 0 Å². The molecular weight excluding hydrogens is 404 g/mol. The highest BCUT2D eigenvalue weighted by Crippen LogP contribution is 2.46. The number of nitrogens with zero attached hydrogens (tertiary/aromatic N) is 2. The molecule has 3 heterocycles. The Hall–Kier alpha value is -3.12. The number of carbonyl (C=O) groups is 1. The Labute approximate surface area is 186 Å². The van der Waals surface area contributed by atoms with Crippen molar-refractivity contribution in [1.82, 2.24) is 10.1 Å². The van der Waals surface area contributed by atoms with E-state index in [0.717, 1.165) is 19.3 Å². The zero-order chi connectivity index (χ0) is 21.7. The van der Waals surface area contributed by atoms with E-state index in [1.807, 2.05) is 17.0 Å². The number of ether oxygens (including phenoxy) is 1. The Balaban J connectivity index is 1.21. The number of amides is 1. The molecule has 6 nitrogen and oxygen atoms in total. The Kier molecular flexibility index (Phi) is 4.57. The van der Waals surface area contributed by atoms with Crippen molar-refractivity contribution in [2.45, 2.75) is 55.7 Å². The second-order valence-corrected chi connectivity index (χ2v) is 9.30. The summed E-state index contributed by atoms with van der Waals surface area (Å²) >= 11 is 0. The van der Waals surface area contributed by atoms with Gasteiger partial charge in [0.2, 0.25) is 0 Å². The smallest absolute Gasteiger partial charge is 0.410 e. The highest BCUT2D eigenvalue weighted by Gasteiger charge is 2.49. The van der Waals surface area contributed by atoms with Crippen molar-refractivity contribution >= 4 is 6.09 Å². The molecule has 1 N–H and O–H groups in total. The number of rotatable bonds is 3. The molecule has 2 unspecified atom stereocenters. The monoisotopic (exact) mass is 430 g/mol. The van der Waals surface area contributed by atoms with Gasteiger partial charge in [0.1, 0.15) is 12.9 Å². The van der Waals surface area contributed by atoms with Gasteiger partial charge in [0, 0.05) is 36.4 Å². The van der Waals surface area contributed by atoms with Gasteiger partial charge in [-0.1, -0.05) is 53.7 Å². The number of aliphatic hydroxyl groups is 1. The van der Waals surface area contributed by atoms with Crippen LogP contribution < -0.4 is 0 Å². The van der Waals surface area contributed by atoms with E-state index in [-0.39, 0.29) is 24.1 Å². The molecule has 1 aliphatic carbocycles. The number of benzene rings is 2. The van der Waals surface area contributed by atoms with Crippen LogP contribution in [0.1, 0.15) is 54.7 Å². The Morgan fingerprint density at radius 1 is 1.06 bits per heavy atom. The fraction of sp³-hybridized carbons (Fsp3) is 0.385. The first-order valence-electron chi connectivity index (χ1n) is 11.4. The maximum atomic E-state index is 13.3. The number of piperidine rings is 2. The molecule has 2 fully saturated rings. The van der Waals surface area contributed by atoms with Crippen molar-refractivity contribution < 1.29 is 19.2 Å². The molecule has 2 atom stereocenters. The SMILES string of the molecule is O=C(OCC1c2ccccc2-c2ccccc21)N1C2CCCC1CC(O)(c1cnoc1)C2. The Morgan fingerprint density at radius 3 is 2.28 bits per heavy atom. The molecule has 32 heavy (non-hydrogen) atoms. The van der Waals surface area contributed by atoms with Crippen LogP contribution in [0.2, 0.25) is 0 Å². The number of hydrogen-bond donors (Lipinski definition) is 1. The van der Waals surface area contributed by atoms with Crippen molar-refractivity contribution in [3.8, 4) is 11.1 Å². The van der Waals surface area contributed by atoms with Crippen LogP contribution in [-0.4, -0.2) is 39.9 Å². The molecular formula is C26H26N2O4. The maximum absolute atomic E-state index is 13.3. The Morgan fingerprint density at radius 2 is 1.69 bits per heavy atom. The van der Waals surface area contributed by atoms with Crippen LogP contribution in [0.5, 0.6) is 0 Å². The molecule has 1 amide bonds. The van der Waals surface area contributed by atoms with Crippen molar-refractivity contribution in [3.63, 3.8) is 0 Å². The lowest BCUT2D eigenvalue weighted by molar-refractivity contribution is -0.0893. The number of aromatic nitrogens is 1. The first-order valence-corrected chi connectivity index (χ1v) is 11.4. The molecule has 2 saturated heterocycles. The predicted molar refractivity (Wildman–Crippen MR) is 118 cm³/mol. The van der Waals surface area contributed by atoms with Gasteiger partial charge in [-0.15, -0.1) is 0 Å². The maximum Gasteiger partial charge on any atom is 0.410 e. The molecule has 3 aromatic rings. The standard InChI is InChI=1S/C26H26N2O4/c29-25(28-18-6-5-7-19(28)13-26(30,12-18)17-14-27-32-15-17)31-16-24-22-10-3-1-8-20(22)21-9-2-4-11-23(21)24/h1-4,8-11,14-15,18-19,24,30H,5-7,12-13,16H2. The second-order valence-electron chi connectivity index (χ2n) is 9.30. The average molecular weight is 431 g/mol. The summed E-state index contributed by atoms with van der Waals surface area (Å²) in [7, 11) is 0. The van der Waals surface area contributed by atoms with Gasteiger partial charge < -0.3 is 19.3 Å². The van der Waals surface area contributed by atoms with Crippen molar-refractivity contribution in [1.29, 1.82) is 0 Å². The molecule has 164 valence electrons. The lowest BCUT2D eigenvalue weighted by Crippen LogP contribution is -2.59. The van der Waals surface area contributed by atoms with Crippen LogP contribution in [0.25, 0.3) is 11.1 Å². The van der Waals surface area contributed by atoms with E-state index in [1.165, 1.54) is 28.5 Å². The van der Waals surface area contributed by atoms with Crippen LogP contribution in [-0.2, 0) is 10.3 Å². The zero-order valence-electron chi connectivity index (χ0n) is 17.8. The fourth-order valence-corrected chi connectivity index (χ4v) is 6.07. The minimum absolute atomic E-state index is 0.0435. The summed E-state index contributed by atoms with van der Waals surface area (Å²) in [6.07, 6.45) is 6.58. The van der Waals surface area contributed by atoms with E-state index >= 15 is 0 Å². The summed E-state index contributed by atoms with van der Waals surface area (Å²) in [5.41, 5.74) is 4.55. The molecule has 0 spiro atoms. The van der Waals surface area contributed by atoms with Crippen molar-refractivity contribution in [2.24, 2.45) is 0 Å². The first-order chi connectivity index (χ1) is 15.6. The normalized spacial score (nSPS) is 26.5. The summed E-state index contributed by atoms with van der Waals surface area (Å²) in [5, 5.41) is 15.0. The van der Waals surface area contributed by atoms with Gasteiger partial charge in [0.15, 0.2) is 0 Å². The molecule has 2 aliphatic heterocycles. The quantitative estimate of drug-likeness (QED) is 0.644. The third kappa shape index (κ3) is 3.05. The molecule has 2 bridgehead atoms.